The van der Waals surface area contributed by atoms with E-state index in [4.69, 9.17) is 37.4 Å². The second-order valence-electron chi connectivity index (χ2n) is 8.07. The van der Waals surface area contributed by atoms with Crippen LogP contribution in [0, 0.1) is 0 Å². The highest BCUT2D eigenvalue weighted by molar-refractivity contribution is 6.31. The summed E-state index contributed by atoms with van der Waals surface area (Å²) in [5, 5.41) is 0.921. The van der Waals surface area contributed by atoms with Crippen LogP contribution in [-0.4, -0.2) is 40.3 Å². The van der Waals surface area contributed by atoms with Gasteiger partial charge in [-0.1, -0.05) is 30.1 Å². The Kier molecular flexibility index (Phi) is 7.93. The zero-order valence-corrected chi connectivity index (χ0v) is 20.6. The van der Waals surface area contributed by atoms with Crippen molar-refractivity contribution in [1.29, 1.82) is 0 Å². The summed E-state index contributed by atoms with van der Waals surface area (Å²) in [7, 11) is 0. The molecule has 9 nitrogen and oxygen atoms in total. The number of ether oxygens (including phenoxy) is 3. The molecule has 0 radical (unpaired) electrons. The summed E-state index contributed by atoms with van der Waals surface area (Å²) in [5.41, 5.74) is -0.253. The van der Waals surface area contributed by atoms with E-state index in [1.54, 1.807) is 31.2 Å². The van der Waals surface area contributed by atoms with Gasteiger partial charge in [-0.05, 0) is 55.0 Å². The molecule has 1 aliphatic rings. The highest BCUT2D eigenvalue weighted by atomic mass is 35.5. The molecule has 188 valence electrons. The van der Waals surface area contributed by atoms with E-state index in [-0.39, 0.29) is 24.2 Å². The van der Waals surface area contributed by atoms with Gasteiger partial charge in [-0.3, -0.25) is 4.79 Å². The van der Waals surface area contributed by atoms with Gasteiger partial charge in [0, 0.05) is 28.2 Å². The van der Waals surface area contributed by atoms with E-state index in [2.05, 4.69) is 4.98 Å². The summed E-state index contributed by atoms with van der Waals surface area (Å²) in [6.07, 6.45) is -1.11. The first kappa shape index (κ1) is 25.7. The van der Waals surface area contributed by atoms with E-state index >= 15 is 0 Å². The van der Waals surface area contributed by atoms with Crippen molar-refractivity contribution in [2.75, 3.05) is 6.61 Å². The van der Waals surface area contributed by atoms with Gasteiger partial charge < -0.3 is 19.2 Å². The smallest absolute Gasteiger partial charge is 0.338 e. The monoisotopic (exact) mass is 532 g/mol. The quantitative estimate of drug-likeness (QED) is 0.460. The maximum absolute atomic E-state index is 12.8. The molecule has 0 saturated carbocycles. The van der Waals surface area contributed by atoms with Gasteiger partial charge in [0.15, 0.2) is 0 Å². The molecular formula is C25H22Cl2N2O7. The van der Waals surface area contributed by atoms with Gasteiger partial charge in [0.2, 0.25) is 0 Å². The molecule has 1 fully saturated rings. The number of hydrogen-bond acceptors (Lipinski definition) is 7. The van der Waals surface area contributed by atoms with Gasteiger partial charge in [-0.25, -0.2) is 19.0 Å². The van der Waals surface area contributed by atoms with E-state index in [1.807, 2.05) is 0 Å². The third kappa shape index (κ3) is 5.70. The molecule has 2 aromatic carbocycles. The molecule has 3 unspecified atom stereocenters. The predicted octanol–water partition coefficient (Wildman–Crippen LogP) is 3.78. The molecule has 36 heavy (non-hydrogen) atoms. The van der Waals surface area contributed by atoms with Crippen molar-refractivity contribution in [2.24, 2.45) is 0 Å². The van der Waals surface area contributed by atoms with E-state index in [0.29, 0.717) is 22.0 Å². The zero-order valence-electron chi connectivity index (χ0n) is 19.1. The molecule has 1 aliphatic heterocycles. The standard InChI is InChI=1S/C25H22Cl2N2O7/c1-2-14-12-28-25(33)29(22(14)30)21-11-19(36-24(32)16-5-9-18(27)10-6-16)20(35-21)13-34-23(31)15-3-7-17(26)8-4-15/h3-10,12,19-21H,2,11,13H2,1H3,(H,28,33). The van der Waals surface area contributed by atoms with Crippen molar-refractivity contribution in [3.8, 4) is 0 Å². The number of H-pyrrole nitrogens is 1. The van der Waals surface area contributed by atoms with Crippen LogP contribution in [0.1, 0.15) is 45.9 Å². The lowest BCUT2D eigenvalue weighted by Gasteiger charge is -2.19. The number of carbonyl (C=O) groups excluding carboxylic acids is 2. The average molecular weight is 533 g/mol. The van der Waals surface area contributed by atoms with Crippen LogP contribution in [0.15, 0.2) is 64.3 Å². The second-order valence-corrected chi connectivity index (χ2v) is 8.94. The van der Waals surface area contributed by atoms with Gasteiger partial charge in [0.1, 0.15) is 25.0 Å². The second kappa shape index (κ2) is 11.1. The summed E-state index contributed by atoms with van der Waals surface area (Å²) in [4.78, 5) is 53.1. The maximum Gasteiger partial charge on any atom is 0.338 e. The van der Waals surface area contributed by atoms with Crippen molar-refractivity contribution in [3.05, 3.63) is 102 Å². The number of aryl methyl sites for hydroxylation is 1. The summed E-state index contributed by atoms with van der Waals surface area (Å²) >= 11 is 11.7. The Morgan fingerprint density at radius 2 is 1.58 bits per heavy atom. The Morgan fingerprint density at radius 3 is 2.17 bits per heavy atom. The number of halogens is 2. The third-order valence-corrected chi connectivity index (χ3v) is 6.23. The lowest BCUT2D eigenvalue weighted by molar-refractivity contribution is -0.0590. The largest absolute Gasteiger partial charge is 0.459 e. The van der Waals surface area contributed by atoms with Crippen LogP contribution in [0.3, 0.4) is 0 Å². The molecule has 1 aromatic heterocycles. The number of aromatic amines is 1. The number of carbonyl (C=O) groups is 2. The summed E-state index contributed by atoms with van der Waals surface area (Å²) < 4.78 is 17.9. The molecule has 11 heteroatoms. The minimum absolute atomic E-state index is 0.00134. The minimum atomic E-state index is -1.03. The highest BCUT2D eigenvalue weighted by Crippen LogP contribution is 2.30. The van der Waals surface area contributed by atoms with Crippen LogP contribution in [0.2, 0.25) is 10.0 Å². The van der Waals surface area contributed by atoms with Gasteiger partial charge in [-0.2, -0.15) is 0 Å². The topological polar surface area (TPSA) is 117 Å². The van der Waals surface area contributed by atoms with Crippen LogP contribution in [0.4, 0.5) is 0 Å². The molecule has 3 aromatic rings. The minimum Gasteiger partial charge on any atom is -0.459 e. The van der Waals surface area contributed by atoms with E-state index < -0.39 is 41.6 Å². The SMILES string of the molecule is CCc1c[nH]c(=O)n(C2CC(OC(=O)c3ccc(Cl)cc3)C(COC(=O)c3ccc(Cl)cc3)O2)c1=O. The highest BCUT2D eigenvalue weighted by Gasteiger charge is 2.41. The lowest BCUT2D eigenvalue weighted by atomic mass is 10.1. The van der Waals surface area contributed by atoms with Gasteiger partial charge in [0.25, 0.3) is 5.56 Å². The van der Waals surface area contributed by atoms with Crippen molar-refractivity contribution in [3.63, 3.8) is 0 Å². The van der Waals surface area contributed by atoms with Crippen molar-refractivity contribution in [2.45, 2.75) is 38.2 Å². The molecule has 0 aliphatic carbocycles. The fraction of sp³-hybridized carbons (Fsp3) is 0.280. The van der Waals surface area contributed by atoms with E-state index in [0.717, 1.165) is 4.57 Å². The number of esters is 2. The maximum atomic E-state index is 12.8. The average Bonchev–Trinajstić information content (AvgIpc) is 3.25. The number of aromatic nitrogens is 2. The van der Waals surface area contributed by atoms with Crippen molar-refractivity contribution in [1.82, 2.24) is 9.55 Å². The number of nitrogens with one attached hydrogen (secondary N) is 1. The summed E-state index contributed by atoms with van der Waals surface area (Å²) in [5.74, 6) is -1.29. The van der Waals surface area contributed by atoms with Gasteiger partial charge in [0.05, 0.1) is 11.1 Å². The molecule has 1 N–H and O–H groups in total. The Morgan fingerprint density at radius 1 is 1.00 bits per heavy atom. The number of rotatable bonds is 7. The normalized spacial score (nSPS) is 19.1. The Labute approximate surface area is 215 Å². The van der Waals surface area contributed by atoms with Crippen LogP contribution in [0.25, 0.3) is 0 Å². The number of nitrogens with zero attached hydrogens (tertiary/aromatic N) is 1. The summed E-state index contributed by atoms with van der Waals surface area (Å²) in [6.45, 7) is 1.50. The van der Waals surface area contributed by atoms with Gasteiger partial charge in [-0.15, -0.1) is 0 Å². The van der Waals surface area contributed by atoms with Crippen molar-refractivity contribution >= 4 is 35.1 Å². The molecule has 0 bridgehead atoms. The number of hydrogen-bond donors (Lipinski definition) is 1. The molecule has 2 heterocycles. The third-order valence-electron chi connectivity index (χ3n) is 5.73. The molecule has 1 saturated heterocycles. The number of benzene rings is 2. The van der Waals surface area contributed by atoms with Crippen LogP contribution in [-0.2, 0) is 20.6 Å². The zero-order chi connectivity index (χ0) is 25.8. The van der Waals surface area contributed by atoms with Crippen LogP contribution in [0.5, 0.6) is 0 Å². The first-order chi connectivity index (χ1) is 17.3. The molecule has 0 spiro atoms. The first-order valence-corrected chi connectivity index (χ1v) is 11.9. The summed E-state index contributed by atoms with van der Waals surface area (Å²) in [6, 6.07) is 12.2. The van der Waals surface area contributed by atoms with Crippen LogP contribution < -0.4 is 11.2 Å². The molecular weight excluding hydrogens is 511 g/mol. The molecule has 4 rings (SSSR count). The Hall–Kier alpha value is -3.40. The lowest BCUT2D eigenvalue weighted by Crippen LogP contribution is -2.39. The first-order valence-electron chi connectivity index (χ1n) is 11.1. The molecule has 0 amide bonds. The van der Waals surface area contributed by atoms with Crippen molar-refractivity contribution < 1.29 is 23.8 Å². The van der Waals surface area contributed by atoms with E-state index in [1.165, 1.54) is 30.5 Å². The Balaban J connectivity index is 1.56. The van der Waals surface area contributed by atoms with Gasteiger partial charge >= 0.3 is 17.6 Å². The predicted molar refractivity (Wildman–Crippen MR) is 132 cm³/mol. The van der Waals surface area contributed by atoms with E-state index in [9.17, 15) is 19.2 Å². The van der Waals surface area contributed by atoms with Crippen LogP contribution >= 0.6 is 23.2 Å². The fourth-order valence-corrected chi connectivity index (χ4v) is 4.04. The fourth-order valence-electron chi connectivity index (χ4n) is 3.79. The Bertz CT molecular complexity index is 1370. The molecule has 3 atom stereocenters.